The van der Waals surface area contributed by atoms with E-state index in [1.165, 1.54) is 77.0 Å². The fourth-order valence-corrected chi connectivity index (χ4v) is 12.6. The quantitative estimate of drug-likeness (QED) is 0.369. The highest BCUT2D eigenvalue weighted by Gasteiger charge is 2.80. The van der Waals surface area contributed by atoms with E-state index in [0.717, 1.165) is 43.1 Å². The number of nitrogens with zero attached hydrogens (tertiary/aromatic N) is 1. The zero-order valence-electron chi connectivity index (χ0n) is 25.8. The summed E-state index contributed by atoms with van der Waals surface area (Å²) in [4.78, 5) is 14.8. The average Bonchev–Trinajstić information content (AvgIpc) is 3.85. The lowest BCUT2D eigenvalue weighted by Crippen LogP contribution is -2.56. The topological polar surface area (TPSA) is 48.0 Å². The fraction of sp³-hybridized carbons (Fsp3) is 0.971. The summed E-state index contributed by atoms with van der Waals surface area (Å²) in [6.07, 6.45) is 19.1. The minimum atomic E-state index is -0.260. The number of hydrogen-bond donors (Lipinski definition) is 0. The lowest BCUT2D eigenvalue weighted by atomic mass is 9.46. The highest BCUT2D eigenvalue weighted by atomic mass is 16.7. The summed E-state index contributed by atoms with van der Waals surface area (Å²) < 4.78 is 19.7. The van der Waals surface area contributed by atoms with Crippen molar-refractivity contribution in [2.24, 2.45) is 51.2 Å². The Hall–Kier alpha value is -0.650. The molecule has 2 heterocycles. The SMILES string of the molecule is CCC1CC[C@H]2C(CC3C4CCC5C(C)(C)[C@@H](OC6CN(C(=O)CC7CC7)CCO6)CC[C@@]56C[C@@]46CCC32C)O1. The largest absolute Gasteiger partial charge is 0.375 e. The number of morpholine rings is 1. The van der Waals surface area contributed by atoms with E-state index in [4.69, 9.17) is 14.2 Å². The molecule has 8 aliphatic rings. The molecular weight excluding hydrogens is 498 g/mol. The number of ether oxygens (including phenoxy) is 3. The molecule has 8 rings (SSSR count). The third-order valence-electron chi connectivity index (χ3n) is 14.9. The summed E-state index contributed by atoms with van der Waals surface area (Å²) >= 11 is 0. The molecule has 40 heavy (non-hydrogen) atoms. The lowest BCUT2D eigenvalue weighted by molar-refractivity contribution is -0.244. The van der Waals surface area contributed by atoms with Crippen molar-refractivity contribution in [3.05, 3.63) is 0 Å². The van der Waals surface area contributed by atoms with Gasteiger partial charge < -0.3 is 19.1 Å². The standard InChI is InChI=1S/C35H55NO4/c1-5-23-8-9-25-27(39-23)19-26-24-10-11-28-32(2,3)29(12-13-35(28)21-34(24,35)15-14-33(25,26)4)40-31-20-36(16-17-38-31)30(37)18-22-6-7-22/h22-29,31H,5-21H2,1-4H3/t23?,24?,25-,26?,27?,28?,29-,31?,33?,34-,35+/m0/s1. The van der Waals surface area contributed by atoms with Gasteiger partial charge in [0.15, 0.2) is 6.29 Å². The van der Waals surface area contributed by atoms with Crippen LogP contribution in [0.15, 0.2) is 0 Å². The summed E-state index contributed by atoms with van der Waals surface area (Å²) in [5.74, 6) is 4.29. The second-order valence-electron chi connectivity index (χ2n) is 16.7. The number of carbonyl (C=O) groups excluding carboxylic acids is 1. The van der Waals surface area contributed by atoms with Gasteiger partial charge in [-0.05, 0) is 135 Å². The Labute approximate surface area is 242 Å². The molecule has 2 spiro atoms. The van der Waals surface area contributed by atoms with Crippen LogP contribution in [-0.2, 0) is 19.0 Å². The first-order valence-electron chi connectivity index (χ1n) is 17.4. The van der Waals surface area contributed by atoms with E-state index in [2.05, 4.69) is 27.7 Å². The molecule has 8 fully saturated rings. The van der Waals surface area contributed by atoms with Gasteiger partial charge in [-0.2, -0.15) is 0 Å². The molecule has 5 nitrogen and oxygen atoms in total. The maximum absolute atomic E-state index is 12.8. The van der Waals surface area contributed by atoms with Crippen molar-refractivity contribution >= 4 is 5.91 Å². The molecule has 2 saturated heterocycles. The van der Waals surface area contributed by atoms with Gasteiger partial charge in [-0.3, -0.25) is 4.79 Å². The van der Waals surface area contributed by atoms with Crippen molar-refractivity contribution in [3.63, 3.8) is 0 Å². The van der Waals surface area contributed by atoms with E-state index in [1.54, 1.807) is 0 Å². The van der Waals surface area contributed by atoms with Crippen molar-refractivity contribution in [2.75, 3.05) is 19.7 Å². The highest BCUT2D eigenvalue weighted by molar-refractivity contribution is 5.76. The first kappa shape index (κ1) is 26.9. The molecule has 0 aromatic rings. The Morgan fingerprint density at radius 3 is 2.55 bits per heavy atom. The normalized spacial score (nSPS) is 52.5. The molecule has 224 valence electrons. The lowest BCUT2D eigenvalue weighted by Gasteiger charge is -2.60. The predicted octanol–water partition coefficient (Wildman–Crippen LogP) is 6.97. The molecule has 0 bridgehead atoms. The smallest absolute Gasteiger partial charge is 0.223 e. The van der Waals surface area contributed by atoms with Crippen LogP contribution in [0, 0.1) is 51.2 Å². The summed E-state index contributed by atoms with van der Waals surface area (Å²) in [6, 6.07) is 0. The van der Waals surface area contributed by atoms with Gasteiger partial charge in [0.25, 0.3) is 0 Å². The average molecular weight is 554 g/mol. The molecule has 0 radical (unpaired) electrons. The summed E-state index contributed by atoms with van der Waals surface area (Å²) in [5, 5.41) is 0. The van der Waals surface area contributed by atoms with Crippen molar-refractivity contribution in [1.82, 2.24) is 4.90 Å². The van der Waals surface area contributed by atoms with Gasteiger partial charge >= 0.3 is 0 Å². The van der Waals surface area contributed by atoms with Crippen LogP contribution >= 0.6 is 0 Å². The van der Waals surface area contributed by atoms with Crippen molar-refractivity contribution < 1.29 is 19.0 Å². The van der Waals surface area contributed by atoms with E-state index in [0.29, 0.717) is 53.4 Å². The Kier molecular flexibility index (Phi) is 6.18. The van der Waals surface area contributed by atoms with Gasteiger partial charge in [0.1, 0.15) is 0 Å². The third-order valence-corrected chi connectivity index (χ3v) is 14.9. The van der Waals surface area contributed by atoms with E-state index in [9.17, 15) is 4.79 Å². The first-order valence-corrected chi connectivity index (χ1v) is 17.4. The van der Waals surface area contributed by atoms with E-state index >= 15 is 0 Å². The molecular formula is C35H55NO4. The number of rotatable bonds is 5. The van der Waals surface area contributed by atoms with Gasteiger partial charge in [0.2, 0.25) is 5.91 Å². The minimum Gasteiger partial charge on any atom is -0.375 e. The molecule has 2 aliphatic heterocycles. The summed E-state index contributed by atoms with van der Waals surface area (Å²) in [6.45, 7) is 12.0. The Bertz CT molecular complexity index is 1020. The summed E-state index contributed by atoms with van der Waals surface area (Å²) in [5.41, 5.74) is 1.79. The maximum atomic E-state index is 12.8. The Balaban J connectivity index is 0.967. The maximum Gasteiger partial charge on any atom is 0.223 e. The van der Waals surface area contributed by atoms with Gasteiger partial charge in [-0.25, -0.2) is 0 Å². The van der Waals surface area contributed by atoms with Crippen molar-refractivity contribution in [3.8, 4) is 0 Å². The monoisotopic (exact) mass is 553 g/mol. The Morgan fingerprint density at radius 2 is 1.75 bits per heavy atom. The molecule has 6 aliphatic carbocycles. The zero-order valence-corrected chi connectivity index (χ0v) is 25.8. The van der Waals surface area contributed by atoms with Gasteiger partial charge in [0, 0.05) is 13.0 Å². The highest BCUT2D eigenvalue weighted by Crippen LogP contribution is 2.87. The van der Waals surface area contributed by atoms with Crippen LogP contribution in [0.4, 0.5) is 0 Å². The van der Waals surface area contributed by atoms with E-state index < -0.39 is 0 Å². The molecule has 6 saturated carbocycles. The molecule has 5 heteroatoms. The molecule has 0 N–H and O–H groups in total. The van der Waals surface area contributed by atoms with E-state index in [1.807, 2.05) is 4.90 Å². The fourth-order valence-electron chi connectivity index (χ4n) is 12.6. The number of carbonyl (C=O) groups is 1. The first-order chi connectivity index (χ1) is 19.2. The molecule has 0 aromatic carbocycles. The van der Waals surface area contributed by atoms with Gasteiger partial charge in [-0.15, -0.1) is 0 Å². The van der Waals surface area contributed by atoms with Crippen LogP contribution < -0.4 is 0 Å². The van der Waals surface area contributed by atoms with Crippen LogP contribution in [0.2, 0.25) is 0 Å². The zero-order chi connectivity index (χ0) is 27.5. The number of fused-ring (bicyclic) bond motifs is 4. The van der Waals surface area contributed by atoms with Crippen LogP contribution in [0.1, 0.15) is 118 Å². The van der Waals surface area contributed by atoms with Crippen LogP contribution in [0.5, 0.6) is 0 Å². The molecule has 0 aromatic heterocycles. The van der Waals surface area contributed by atoms with Crippen LogP contribution in [0.25, 0.3) is 0 Å². The van der Waals surface area contributed by atoms with Crippen molar-refractivity contribution in [1.29, 1.82) is 0 Å². The number of amides is 1. The molecule has 1 amide bonds. The Morgan fingerprint density at radius 1 is 0.925 bits per heavy atom. The van der Waals surface area contributed by atoms with Gasteiger partial charge in [0.05, 0.1) is 31.5 Å². The van der Waals surface area contributed by atoms with Crippen LogP contribution in [-0.4, -0.2) is 55.1 Å². The minimum absolute atomic E-state index is 0.151. The molecule has 7 unspecified atom stereocenters. The van der Waals surface area contributed by atoms with Crippen molar-refractivity contribution in [2.45, 2.75) is 142 Å². The summed E-state index contributed by atoms with van der Waals surface area (Å²) in [7, 11) is 0. The third kappa shape index (κ3) is 3.77. The van der Waals surface area contributed by atoms with E-state index in [-0.39, 0.29) is 17.8 Å². The molecule has 11 atom stereocenters. The number of hydrogen-bond acceptors (Lipinski definition) is 4. The second-order valence-corrected chi connectivity index (χ2v) is 16.7. The van der Waals surface area contributed by atoms with Gasteiger partial charge in [-0.1, -0.05) is 27.7 Å². The van der Waals surface area contributed by atoms with Crippen LogP contribution in [0.3, 0.4) is 0 Å². The second kappa shape index (κ2) is 9.18. The predicted molar refractivity (Wildman–Crippen MR) is 154 cm³/mol.